The van der Waals surface area contributed by atoms with Gasteiger partial charge < -0.3 is 28.6 Å². The summed E-state index contributed by atoms with van der Waals surface area (Å²) >= 11 is 0.970. The number of thiazole rings is 1. The monoisotopic (exact) mass is 598 g/mol. The Morgan fingerprint density at radius 3 is 2.23 bits per heavy atom. The fourth-order valence-electron chi connectivity index (χ4n) is 3.90. The Morgan fingerprint density at radius 1 is 0.950 bits per heavy atom. The average Bonchev–Trinajstić information content (AvgIpc) is 3.23. The smallest absolute Gasteiger partial charge is 0.409 e. The zero-order chi connectivity index (χ0) is 29.4. The van der Waals surface area contributed by atoms with E-state index >= 15 is 0 Å². The van der Waals surface area contributed by atoms with Gasteiger partial charge in [-0.05, 0) is 32.0 Å². The van der Waals surface area contributed by atoms with E-state index in [-0.39, 0.29) is 56.3 Å². The number of piperazine rings is 1. The van der Waals surface area contributed by atoms with Crippen molar-refractivity contribution in [2.45, 2.75) is 20.4 Å². The molecule has 14 nitrogen and oxygen atoms in total. The van der Waals surface area contributed by atoms with Crippen molar-refractivity contribution in [1.29, 1.82) is 0 Å². The molecule has 1 aromatic carbocycles. The number of sulfone groups is 1. The molecule has 40 heavy (non-hydrogen) atoms. The molecule has 218 valence electrons. The van der Waals surface area contributed by atoms with Gasteiger partial charge in [0.1, 0.15) is 18.1 Å². The first-order valence-electron chi connectivity index (χ1n) is 12.3. The Labute approximate surface area is 234 Å². The number of esters is 2. The molecule has 0 unspecified atom stereocenters. The predicted octanol–water partition coefficient (Wildman–Crippen LogP) is 0.195. The number of carbonyl (C=O) groups is 5. The van der Waals surface area contributed by atoms with Crippen LogP contribution in [0.15, 0.2) is 23.2 Å². The van der Waals surface area contributed by atoms with Crippen molar-refractivity contribution in [3.8, 4) is 0 Å². The number of amides is 3. The summed E-state index contributed by atoms with van der Waals surface area (Å²) in [6, 6.07) is 4.54. The number of aromatic nitrogens is 1. The molecular formula is C24H30N4O10S2. The number of methoxy groups -OCH3 is 1. The average molecular weight is 599 g/mol. The van der Waals surface area contributed by atoms with Gasteiger partial charge in [-0.25, -0.2) is 18.0 Å². The fraction of sp³-hybridized carbons (Fsp3) is 0.500. The minimum absolute atomic E-state index is 0.0201. The molecule has 1 aliphatic heterocycles. The number of fused-ring (bicyclic) bond motifs is 1. The lowest BCUT2D eigenvalue weighted by Gasteiger charge is -2.34. The standard InChI is InChI=1S/C24H30N4O10S2/c1-4-37-21(31)13-28-17-7-6-16(22(32)36-3)12-18(17)39-23(28)25-19(29)14-40(34,35)15-20(30)26-8-10-27(11-9-26)24(33)38-5-2/h6-7,12H,4-5,8-11,13-15H2,1-3H3. The van der Waals surface area contributed by atoms with Crippen LogP contribution >= 0.6 is 11.3 Å². The maximum atomic E-state index is 12.7. The van der Waals surface area contributed by atoms with E-state index in [2.05, 4.69) is 4.99 Å². The molecule has 1 fully saturated rings. The third-order valence-corrected chi connectivity index (χ3v) is 8.18. The van der Waals surface area contributed by atoms with Crippen LogP contribution in [0.3, 0.4) is 0 Å². The van der Waals surface area contributed by atoms with Crippen molar-refractivity contribution >= 4 is 61.2 Å². The molecule has 2 heterocycles. The van der Waals surface area contributed by atoms with Gasteiger partial charge in [0.05, 0.1) is 36.1 Å². The summed E-state index contributed by atoms with van der Waals surface area (Å²) in [6.45, 7) is 4.02. The minimum atomic E-state index is -4.18. The number of rotatable bonds is 9. The highest BCUT2D eigenvalue weighted by molar-refractivity contribution is 7.92. The number of hydrogen-bond donors (Lipinski definition) is 0. The molecule has 1 aliphatic rings. The summed E-state index contributed by atoms with van der Waals surface area (Å²) in [5.74, 6) is -4.83. The topological polar surface area (TPSA) is 171 Å². The SMILES string of the molecule is CCOC(=O)Cn1c(=NC(=O)CS(=O)(=O)CC(=O)N2CCN(C(=O)OCC)CC2)sc2cc(C(=O)OC)ccc21. The van der Waals surface area contributed by atoms with Gasteiger partial charge in [0.2, 0.25) is 5.91 Å². The van der Waals surface area contributed by atoms with Gasteiger partial charge in [0, 0.05) is 26.2 Å². The first-order valence-corrected chi connectivity index (χ1v) is 15.0. The van der Waals surface area contributed by atoms with Crippen LogP contribution in [0.4, 0.5) is 4.79 Å². The Morgan fingerprint density at radius 2 is 1.60 bits per heavy atom. The molecule has 3 amide bonds. The number of carbonyl (C=O) groups excluding carboxylic acids is 5. The van der Waals surface area contributed by atoms with Gasteiger partial charge in [-0.1, -0.05) is 11.3 Å². The zero-order valence-corrected chi connectivity index (χ0v) is 23.9. The molecule has 2 aromatic rings. The lowest BCUT2D eigenvalue weighted by atomic mass is 10.2. The van der Waals surface area contributed by atoms with Gasteiger partial charge in [0.15, 0.2) is 14.6 Å². The van der Waals surface area contributed by atoms with Crippen molar-refractivity contribution in [2.24, 2.45) is 4.99 Å². The maximum Gasteiger partial charge on any atom is 0.409 e. The first-order chi connectivity index (χ1) is 19.0. The Kier molecular flexibility index (Phi) is 10.4. The van der Waals surface area contributed by atoms with E-state index in [1.165, 1.54) is 33.6 Å². The molecule has 0 aliphatic carbocycles. The molecule has 0 radical (unpaired) electrons. The highest BCUT2D eigenvalue weighted by atomic mass is 32.2. The van der Waals surface area contributed by atoms with Crippen molar-refractivity contribution in [3.05, 3.63) is 28.6 Å². The van der Waals surface area contributed by atoms with Crippen molar-refractivity contribution in [2.75, 3.05) is 58.0 Å². The lowest BCUT2D eigenvalue weighted by molar-refractivity contribution is -0.143. The van der Waals surface area contributed by atoms with E-state index in [0.29, 0.717) is 10.2 Å². The molecule has 0 spiro atoms. The molecule has 16 heteroatoms. The number of benzene rings is 1. The Hall–Kier alpha value is -3.79. The second kappa shape index (κ2) is 13.5. The second-order valence-corrected chi connectivity index (χ2v) is 11.6. The molecule has 1 aromatic heterocycles. The summed E-state index contributed by atoms with van der Waals surface area (Å²) in [6.07, 6.45) is -0.502. The van der Waals surface area contributed by atoms with Crippen LogP contribution < -0.4 is 4.80 Å². The Bertz CT molecular complexity index is 1470. The summed E-state index contributed by atoms with van der Waals surface area (Å²) in [5.41, 5.74) is 0.707. The van der Waals surface area contributed by atoms with E-state index in [4.69, 9.17) is 14.2 Å². The van der Waals surface area contributed by atoms with Crippen LogP contribution in [-0.4, -0.2) is 111 Å². The number of hydrogen-bond acceptors (Lipinski definition) is 11. The highest BCUT2D eigenvalue weighted by Crippen LogP contribution is 2.20. The van der Waals surface area contributed by atoms with Crippen molar-refractivity contribution < 1.29 is 46.6 Å². The van der Waals surface area contributed by atoms with Crippen LogP contribution in [0.2, 0.25) is 0 Å². The molecule has 3 rings (SSSR count). The lowest BCUT2D eigenvalue weighted by Crippen LogP contribution is -2.52. The molecule has 0 atom stereocenters. The summed E-state index contributed by atoms with van der Waals surface area (Å²) < 4.78 is 41.9. The fourth-order valence-corrected chi connectivity index (χ4v) is 6.09. The third-order valence-electron chi connectivity index (χ3n) is 5.76. The summed E-state index contributed by atoms with van der Waals surface area (Å²) in [5, 5.41) is 0. The van der Waals surface area contributed by atoms with Gasteiger partial charge in [-0.2, -0.15) is 4.99 Å². The number of ether oxygens (including phenoxy) is 3. The van der Waals surface area contributed by atoms with E-state index in [0.717, 1.165) is 11.3 Å². The maximum absolute atomic E-state index is 12.7. The van der Waals surface area contributed by atoms with E-state index in [9.17, 15) is 32.4 Å². The van der Waals surface area contributed by atoms with Crippen LogP contribution in [-0.2, 0) is 45.0 Å². The normalized spacial score (nSPS) is 14.2. The first kappa shape index (κ1) is 30.7. The van der Waals surface area contributed by atoms with Crippen LogP contribution in [0.25, 0.3) is 10.2 Å². The second-order valence-electron chi connectivity index (χ2n) is 8.55. The quantitative estimate of drug-likeness (QED) is 0.287. The molecule has 0 N–H and O–H groups in total. The third kappa shape index (κ3) is 7.88. The molecular weight excluding hydrogens is 568 g/mol. The molecule has 0 saturated carbocycles. The predicted molar refractivity (Wildman–Crippen MR) is 142 cm³/mol. The minimum Gasteiger partial charge on any atom is -0.465 e. The van der Waals surface area contributed by atoms with Gasteiger partial charge >= 0.3 is 18.0 Å². The van der Waals surface area contributed by atoms with E-state index in [1.807, 2.05) is 0 Å². The van der Waals surface area contributed by atoms with Gasteiger partial charge in [-0.15, -0.1) is 0 Å². The van der Waals surface area contributed by atoms with E-state index < -0.39 is 51.2 Å². The van der Waals surface area contributed by atoms with Crippen LogP contribution in [0.5, 0.6) is 0 Å². The van der Waals surface area contributed by atoms with Gasteiger partial charge in [-0.3, -0.25) is 14.4 Å². The van der Waals surface area contributed by atoms with Gasteiger partial charge in [0.25, 0.3) is 5.91 Å². The summed E-state index contributed by atoms with van der Waals surface area (Å²) in [4.78, 5) is 67.9. The Balaban J connectivity index is 1.76. The van der Waals surface area contributed by atoms with Crippen LogP contribution in [0.1, 0.15) is 24.2 Å². The van der Waals surface area contributed by atoms with Crippen molar-refractivity contribution in [3.63, 3.8) is 0 Å². The van der Waals surface area contributed by atoms with Crippen molar-refractivity contribution in [1.82, 2.24) is 14.4 Å². The van der Waals surface area contributed by atoms with Crippen LogP contribution in [0, 0.1) is 0 Å². The molecule has 1 saturated heterocycles. The highest BCUT2D eigenvalue weighted by Gasteiger charge is 2.29. The zero-order valence-electron chi connectivity index (χ0n) is 22.3. The number of nitrogens with zero attached hydrogens (tertiary/aromatic N) is 4. The molecule has 0 bridgehead atoms. The largest absolute Gasteiger partial charge is 0.465 e. The van der Waals surface area contributed by atoms with E-state index in [1.54, 1.807) is 19.9 Å². The summed E-state index contributed by atoms with van der Waals surface area (Å²) in [7, 11) is -2.95.